The molecule has 26 heavy (non-hydrogen) atoms. The van der Waals surface area contributed by atoms with Crippen molar-refractivity contribution in [3.8, 4) is 5.75 Å². The fourth-order valence-corrected chi connectivity index (χ4v) is 2.75. The third-order valence-electron chi connectivity index (χ3n) is 4.21. The summed E-state index contributed by atoms with van der Waals surface area (Å²) < 4.78 is 5.48. The van der Waals surface area contributed by atoms with Crippen LogP contribution in [0.1, 0.15) is 27.0 Å². The topological polar surface area (TPSA) is 58.6 Å². The minimum absolute atomic E-state index is 0.0386. The minimum Gasteiger partial charge on any atom is -0.493 e. The maximum Gasteiger partial charge on any atom is 0.253 e. The zero-order valence-electron chi connectivity index (χ0n) is 15.0. The van der Waals surface area contributed by atoms with Gasteiger partial charge in [0, 0.05) is 38.7 Å². The number of nitrogens with zero attached hydrogens (tertiary/aromatic N) is 1. The largest absolute Gasteiger partial charge is 0.493 e. The van der Waals surface area contributed by atoms with E-state index in [1.807, 2.05) is 30.3 Å². The van der Waals surface area contributed by atoms with E-state index in [0.717, 1.165) is 29.9 Å². The van der Waals surface area contributed by atoms with Crippen molar-refractivity contribution >= 4 is 17.9 Å². The van der Waals surface area contributed by atoms with E-state index in [-0.39, 0.29) is 11.8 Å². The highest BCUT2D eigenvalue weighted by Gasteiger charge is 2.11. The highest BCUT2D eigenvalue weighted by atomic mass is 16.5. The second-order valence-electron chi connectivity index (χ2n) is 6.41. The van der Waals surface area contributed by atoms with Crippen LogP contribution in [0, 0.1) is 0 Å². The lowest BCUT2D eigenvalue weighted by Gasteiger charge is -2.10. The smallest absolute Gasteiger partial charge is 0.253 e. The quantitative estimate of drug-likeness (QED) is 0.844. The molecule has 0 radical (unpaired) electrons. The first-order valence-electron chi connectivity index (χ1n) is 8.55. The molecule has 3 rings (SSSR count). The number of hydrogen-bond acceptors (Lipinski definition) is 3. The number of benzene rings is 2. The van der Waals surface area contributed by atoms with Crippen molar-refractivity contribution in [2.24, 2.45) is 0 Å². The van der Waals surface area contributed by atoms with Crippen molar-refractivity contribution in [1.29, 1.82) is 0 Å². The standard InChI is InChI=1S/C21H22N2O3/c1-23(2)21(25)17-7-3-16(4-8-17)14-22-20(24)10-6-15-5-9-19-18(13-15)11-12-26-19/h3-10,13H,11-12,14H2,1-2H3,(H,22,24)/b10-6+. The zero-order valence-corrected chi connectivity index (χ0v) is 15.0. The van der Waals surface area contributed by atoms with E-state index in [9.17, 15) is 9.59 Å². The first-order chi connectivity index (χ1) is 12.5. The number of ether oxygens (including phenoxy) is 1. The van der Waals surface area contributed by atoms with E-state index in [1.165, 1.54) is 16.5 Å². The minimum atomic E-state index is -0.157. The van der Waals surface area contributed by atoms with Gasteiger partial charge in [-0.15, -0.1) is 0 Å². The molecule has 1 N–H and O–H groups in total. The molecular formula is C21H22N2O3. The van der Waals surface area contributed by atoms with Crippen LogP contribution in [0.3, 0.4) is 0 Å². The van der Waals surface area contributed by atoms with Crippen LogP contribution in [0.25, 0.3) is 6.08 Å². The number of rotatable bonds is 5. The van der Waals surface area contributed by atoms with Gasteiger partial charge in [-0.05, 0) is 47.0 Å². The number of hydrogen-bond donors (Lipinski definition) is 1. The summed E-state index contributed by atoms with van der Waals surface area (Å²) in [5.41, 5.74) is 3.73. The molecule has 0 spiro atoms. The molecule has 5 heteroatoms. The summed E-state index contributed by atoms with van der Waals surface area (Å²) in [5, 5.41) is 2.85. The van der Waals surface area contributed by atoms with E-state index in [1.54, 1.807) is 32.3 Å². The Kier molecular flexibility index (Phi) is 5.37. The lowest BCUT2D eigenvalue weighted by Crippen LogP contribution is -2.22. The normalized spacial score (nSPS) is 12.5. The first-order valence-corrected chi connectivity index (χ1v) is 8.55. The SMILES string of the molecule is CN(C)C(=O)c1ccc(CNC(=O)/C=C/c2ccc3c(c2)CCO3)cc1. The maximum absolute atomic E-state index is 12.0. The van der Waals surface area contributed by atoms with Crippen molar-refractivity contribution in [2.75, 3.05) is 20.7 Å². The van der Waals surface area contributed by atoms with Crippen LogP contribution in [0.15, 0.2) is 48.5 Å². The van der Waals surface area contributed by atoms with E-state index in [4.69, 9.17) is 4.74 Å². The van der Waals surface area contributed by atoms with Crippen molar-refractivity contribution in [3.63, 3.8) is 0 Å². The van der Waals surface area contributed by atoms with Crippen LogP contribution in [0.4, 0.5) is 0 Å². The number of fused-ring (bicyclic) bond motifs is 1. The zero-order chi connectivity index (χ0) is 18.5. The molecule has 2 aromatic rings. The Bertz CT molecular complexity index is 839. The highest BCUT2D eigenvalue weighted by molar-refractivity contribution is 5.94. The third kappa shape index (κ3) is 4.30. The van der Waals surface area contributed by atoms with Gasteiger partial charge in [0.25, 0.3) is 5.91 Å². The van der Waals surface area contributed by atoms with Crippen LogP contribution in [-0.2, 0) is 17.8 Å². The molecule has 0 atom stereocenters. The van der Waals surface area contributed by atoms with Gasteiger partial charge in [0.2, 0.25) is 5.91 Å². The van der Waals surface area contributed by atoms with Crippen LogP contribution in [0.5, 0.6) is 5.75 Å². The molecule has 0 unspecified atom stereocenters. The highest BCUT2D eigenvalue weighted by Crippen LogP contribution is 2.26. The number of carbonyl (C=O) groups is 2. The molecule has 0 aliphatic carbocycles. The molecule has 2 aromatic carbocycles. The Morgan fingerprint density at radius 2 is 1.92 bits per heavy atom. The van der Waals surface area contributed by atoms with Crippen molar-refractivity contribution in [1.82, 2.24) is 10.2 Å². The average molecular weight is 350 g/mol. The first kappa shape index (κ1) is 17.7. The second kappa shape index (κ2) is 7.87. The van der Waals surface area contributed by atoms with Crippen molar-refractivity contribution in [3.05, 3.63) is 70.8 Å². The predicted molar refractivity (Wildman–Crippen MR) is 101 cm³/mol. The van der Waals surface area contributed by atoms with Crippen LogP contribution in [0.2, 0.25) is 0 Å². The summed E-state index contributed by atoms with van der Waals surface area (Å²) in [6.45, 7) is 1.14. The summed E-state index contributed by atoms with van der Waals surface area (Å²) in [6, 6.07) is 13.2. The third-order valence-corrected chi connectivity index (χ3v) is 4.21. The number of carbonyl (C=O) groups excluding carboxylic acids is 2. The fraction of sp³-hybridized carbons (Fsp3) is 0.238. The Hall–Kier alpha value is -3.08. The molecule has 5 nitrogen and oxygen atoms in total. The average Bonchev–Trinajstić information content (AvgIpc) is 3.12. The number of nitrogens with one attached hydrogen (secondary N) is 1. The van der Waals surface area contributed by atoms with E-state index >= 15 is 0 Å². The van der Waals surface area contributed by atoms with Crippen LogP contribution >= 0.6 is 0 Å². The Morgan fingerprint density at radius 3 is 2.65 bits per heavy atom. The lowest BCUT2D eigenvalue weighted by molar-refractivity contribution is -0.116. The Morgan fingerprint density at radius 1 is 1.15 bits per heavy atom. The van der Waals surface area contributed by atoms with Gasteiger partial charge in [0.05, 0.1) is 6.61 Å². The summed E-state index contributed by atoms with van der Waals surface area (Å²) in [4.78, 5) is 25.4. The van der Waals surface area contributed by atoms with E-state index < -0.39 is 0 Å². The lowest BCUT2D eigenvalue weighted by atomic mass is 10.1. The molecule has 0 aromatic heterocycles. The van der Waals surface area contributed by atoms with Gasteiger partial charge in [-0.25, -0.2) is 0 Å². The summed E-state index contributed by atoms with van der Waals surface area (Å²) in [5.74, 6) is 0.737. The summed E-state index contributed by atoms with van der Waals surface area (Å²) in [6.07, 6.45) is 4.24. The molecule has 0 bridgehead atoms. The predicted octanol–water partition coefficient (Wildman–Crippen LogP) is 2.65. The van der Waals surface area contributed by atoms with Gasteiger partial charge >= 0.3 is 0 Å². The van der Waals surface area contributed by atoms with Crippen LogP contribution in [-0.4, -0.2) is 37.4 Å². The van der Waals surface area contributed by atoms with Gasteiger partial charge in [-0.1, -0.05) is 18.2 Å². The molecule has 0 saturated heterocycles. The fourth-order valence-electron chi connectivity index (χ4n) is 2.75. The van der Waals surface area contributed by atoms with Crippen molar-refractivity contribution in [2.45, 2.75) is 13.0 Å². The monoisotopic (exact) mass is 350 g/mol. The maximum atomic E-state index is 12.0. The molecule has 134 valence electrons. The second-order valence-corrected chi connectivity index (χ2v) is 6.41. The van der Waals surface area contributed by atoms with E-state index in [2.05, 4.69) is 5.32 Å². The molecule has 1 aliphatic rings. The molecule has 2 amide bonds. The van der Waals surface area contributed by atoms with Crippen molar-refractivity contribution < 1.29 is 14.3 Å². The van der Waals surface area contributed by atoms with Crippen LogP contribution < -0.4 is 10.1 Å². The number of amides is 2. The summed E-state index contributed by atoms with van der Waals surface area (Å²) in [7, 11) is 3.44. The van der Waals surface area contributed by atoms with Gasteiger partial charge in [-0.2, -0.15) is 0 Å². The van der Waals surface area contributed by atoms with Gasteiger partial charge in [0.15, 0.2) is 0 Å². The van der Waals surface area contributed by atoms with Gasteiger partial charge < -0.3 is 15.0 Å². The molecule has 1 aliphatic heterocycles. The summed E-state index contributed by atoms with van der Waals surface area (Å²) >= 11 is 0. The molecule has 1 heterocycles. The Labute approximate surface area is 153 Å². The molecular weight excluding hydrogens is 328 g/mol. The molecule has 0 saturated carbocycles. The van der Waals surface area contributed by atoms with Gasteiger partial charge in [0.1, 0.15) is 5.75 Å². The van der Waals surface area contributed by atoms with Gasteiger partial charge in [-0.3, -0.25) is 9.59 Å². The molecule has 0 fully saturated rings. The Balaban J connectivity index is 1.53. The van der Waals surface area contributed by atoms with E-state index in [0.29, 0.717) is 12.1 Å².